The van der Waals surface area contributed by atoms with Gasteiger partial charge in [0.2, 0.25) is 10.0 Å². The Morgan fingerprint density at radius 3 is 2.52 bits per heavy atom. The summed E-state index contributed by atoms with van der Waals surface area (Å²) in [6.45, 7) is 0.909. The van der Waals surface area contributed by atoms with Crippen molar-refractivity contribution in [2.75, 3.05) is 18.4 Å². The number of para-hydroxylation sites is 1. The van der Waals surface area contributed by atoms with Crippen LogP contribution in [-0.2, 0) is 14.8 Å². The molecule has 1 saturated heterocycles. The molecule has 160 valence electrons. The summed E-state index contributed by atoms with van der Waals surface area (Å²) >= 11 is 0. The van der Waals surface area contributed by atoms with E-state index in [-0.39, 0.29) is 27.4 Å². The van der Waals surface area contributed by atoms with E-state index >= 15 is 0 Å². The summed E-state index contributed by atoms with van der Waals surface area (Å²) in [7, 11) is -3.68. The average Bonchev–Trinajstić information content (AvgIpc) is 2.78. The summed E-state index contributed by atoms with van der Waals surface area (Å²) in [6, 6.07) is 13.3. The van der Waals surface area contributed by atoms with Gasteiger partial charge in [-0.05, 0) is 43.2 Å². The summed E-state index contributed by atoms with van der Waals surface area (Å²) in [5.41, 5.74) is -0.274. The smallest absolute Gasteiger partial charge is 0.276 e. The Morgan fingerprint density at radius 2 is 1.84 bits per heavy atom. The minimum Gasteiger partial charge on any atom is -0.321 e. The number of hydrogen-bond donors (Lipinski definition) is 1. The van der Waals surface area contributed by atoms with Gasteiger partial charge in [-0.1, -0.05) is 24.6 Å². The first-order valence-electron chi connectivity index (χ1n) is 9.60. The standard InChI is InChI=1S/C21H20N4O5S/c22-15-17(13-16-7-2-3-10-20(16)25(27)28)21(26)23-18-8-6-9-19(14-18)31(29,30)24-11-4-1-5-12-24/h2-3,6-10,13-14H,1,4-5,11-12H2,(H,23,26)/b17-13+. The normalized spacial score (nSPS) is 15.1. The van der Waals surface area contributed by atoms with Crippen LogP contribution >= 0.6 is 0 Å². The van der Waals surface area contributed by atoms with Crippen molar-refractivity contribution < 1.29 is 18.1 Å². The maximum atomic E-state index is 12.8. The van der Waals surface area contributed by atoms with E-state index in [2.05, 4.69) is 5.32 Å². The number of rotatable bonds is 6. The highest BCUT2D eigenvalue weighted by Gasteiger charge is 2.26. The number of nitrogens with zero attached hydrogens (tertiary/aromatic N) is 3. The Morgan fingerprint density at radius 1 is 1.13 bits per heavy atom. The lowest BCUT2D eigenvalue weighted by atomic mass is 10.1. The molecule has 1 N–H and O–H groups in total. The fourth-order valence-electron chi connectivity index (χ4n) is 3.27. The molecule has 0 aromatic heterocycles. The molecule has 1 amide bonds. The number of carbonyl (C=O) groups excluding carboxylic acids is 1. The van der Waals surface area contributed by atoms with Gasteiger partial charge >= 0.3 is 0 Å². The fraction of sp³-hybridized carbons (Fsp3) is 0.238. The van der Waals surface area contributed by atoms with Crippen molar-refractivity contribution in [2.24, 2.45) is 0 Å². The predicted molar refractivity (Wildman–Crippen MR) is 114 cm³/mol. The molecule has 1 aliphatic rings. The second-order valence-corrected chi connectivity index (χ2v) is 8.87. The number of carbonyl (C=O) groups is 1. The van der Waals surface area contributed by atoms with Crippen molar-refractivity contribution >= 4 is 33.4 Å². The quantitative estimate of drug-likeness (QED) is 0.317. The molecule has 0 spiro atoms. The van der Waals surface area contributed by atoms with E-state index < -0.39 is 20.9 Å². The highest BCUT2D eigenvalue weighted by molar-refractivity contribution is 7.89. The van der Waals surface area contributed by atoms with Gasteiger partial charge in [0.1, 0.15) is 11.6 Å². The second kappa shape index (κ2) is 9.51. The monoisotopic (exact) mass is 440 g/mol. The van der Waals surface area contributed by atoms with E-state index in [0.29, 0.717) is 13.1 Å². The SMILES string of the molecule is N#C/C(=C\c1ccccc1[N+](=O)[O-])C(=O)Nc1cccc(S(=O)(=O)N2CCCCC2)c1. The van der Waals surface area contributed by atoms with Crippen molar-refractivity contribution in [3.63, 3.8) is 0 Å². The summed E-state index contributed by atoms with van der Waals surface area (Å²) in [5.74, 6) is -0.798. The first kappa shape index (κ1) is 22.1. The summed E-state index contributed by atoms with van der Waals surface area (Å²) in [4.78, 5) is 23.2. The summed E-state index contributed by atoms with van der Waals surface area (Å²) in [6.07, 6.45) is 3.72. The van der Waals surface area contributed by atoms with Gasteiger partial charge in [-0.15, -0.1) is 0 Å². The van der Waals surface area contributed by atoms with Crippen LogP contribution < -0.4 is 5.32 Å². The topological polar surface area (TPSA) is 133 Å². The minimum atomic E-state index is -3.68. The predicted octanol–water partition coefficient (Wildman–Crippen LogP) is 3.32. The van der Waals surface area contributed by atoms with Crippen LogP contribution in [0.1, 0.15) is 24.8 Å². The Kier molecular flexibility index (Phi) is 6.79. The molecule has 2 aromatic carbocycles. The van der Waals surface area contributed by atoms with Crippen LogP contribution in [0.3, 0.4) is 0 Å². The molecule has 9 nitrogen and oxygen atoms in total. The van der Waals surface area contributed by atoms with Gasteiger partial charge in [0, 0.05) is 24.8 Å². The van der Waals surface area contributed by atoms with Gasteiger partial charge in [-0.3, -0.25) is 14.9 Å². The van der Waals surface area contributed by atoms with Crippen molar-refractivity contribution in [1.29, 1.82) is 5.26 Å². The third-order valence-corrected chi connectivity index (χ3v) is 6.74. The summed E-state index contributed by atoms with van der Waals surface area (Å²) in [5, 5.41) is 23.0. The second-order valence-electron chi connectivity index (χ2n) is 6.93. The molecule has 0 radical (unpaired) electrons. The number of benzene rings is 2. The minimum absolute atomic E-state index is 0.0494. The zero-order valence-electron chi connectivity index (χ0n) is 16.5. The molecular weight excluding hydrogens is 420 g/mol. The lowest BCUT2D eigenvalue weighted by Crippen LogP contribution is -2.35. The van der Waals surface area contributed by atoms with Crippen molar-refractivity contribution in [3.05, 3.63) is 69.8 Å². The Bertz CT molecular complexity index is 1180. The molecule has 0 saturated carbocycles. The van der Waals surface area contributed by atoms with Crippen molar-refractivity contribution in [3.8, 4) is 6.07 Å². The summed E-state index contributed by atoms with van der Waals surface area (Å²) < 4.78 is 27.1. The molecule has 3 rings (SSSR count). The molecule has 0 atom stereocenters. The number of nitrogens with one attached hydrogen (secondary N) is 1. The van der Waals surface area contributed by atoms with Crippen molar-refractivity contribution in [1.82, 2.24) is 4.31 Å². The van der Waals surface area contributed by atoms with Crippen LogP contribution in [0, 0.1) is 21.4 Å². The van der Waals surface area contributed by atoms with Crippen LogP contribution in [0.4, 0.5) is 11.4 Å². The van der Waals surface area contributed by atoms with E-state index in [1.165, 1.54) is 46.8 Å². The van der Waals surface area contributed by atoms with Crippen LogP contribution in [-0.4, -0.2) is 36.6 Å². The van der Waals surface area contributed by atoms with Crippen molar-refractivity contribution in [2.45, 2.75) is 24.2 Å². The number of amides is 1. The third-order valence-electron chi connectivity index (χ3n) is 4.84. The van der Waals surface area contributed by atoms with E-state index in [1.807, 2.05) is 0 Å². The van der Waals surface area contributed by atoms with Gasteiger partial charge in [-0.2, -0.15) is 9.57 Å². The molecule has 0 unspecified atom stereocenters. The number of nitro groups is 1. The van der Waals surface area contributed by atoms with E-state index in [4.69, 9.17) is 0 Å². The number of piperidine rings is 1. The maximum Gasteiger partial charge on any atom is 0.276 e. The average molecular weight is 440 g/mol. The zero-order valence-corrected chi connectivity index (χ0v) is 17.3. The number of anilines is 1. The highest BCUT2D eigenvalue weighted by Crippen LogP contribution is 2.24. The zero-order chi connectivity index (χ0) is 22.4. The molecular formula is C21H20N4O5S. The molecule has 0 aliphatic carbocycles. The lowest BCUT2D eigenvalue weighted by molar-refractivity contribution is -0.385. The van der Waals surface area contributed by atoms with Crippen LogP contribution in [0.5, 0.6) is 0 Å². The van der Waals surface area contributed by atoms with Gasteiger partial charge in [-0.25, -0.2) is 8.42 Å². The molecule has 2 aromatic rings. The number of nitro benzene ring substituents is 1. The molecule has 0 bridgehead atoms. The van der Waals surface area contributed by atoms with Gasteiger partial charge in [0.05, 0.1) is 15.4 Å². The fourth-order valence-corrected chi connectivity index (χ4v) is 4.83. The number of sulfonamides is 1. The Labute approximate surface area is 179 Å². The third kappa shape index (κ3) is 5.14. The van der Waals surface area contributed by atoms with Gasteiger partial charge < -0.3 is 5.32 Å². The molecule has 1 heterocycles. The van der Waals surface area contributed by atoms with E-state index in [1.54, 1.807) is 12.1 Å². The maximum absolute atomic E-state index is 12.8. The Hall–Kier alpha value is -3.55. The van der Waals surface area contributed by atoms with E-state index in [9.17, 15) is 28.6 Å². The largest absolute Gasteiger partial charge is 0.321 e. The van der Waals surface area contributed by atoms with Gasteiger partial charge in [0.25, 0.3) is 11.6 Å². The molecule has 1 fully saturated rings. The first-order chi connectivity index (χ1) is 14.8. The van der Waals surface area contributed by atoms with E-state index in [0.717, 1.165) is 25.3 Å². The first-order valence-corrected chi connectivity index (χ1v) is 11.0. The lowest BCUT2D eigenvalue weighted by Gasteiger charge is -2.26. The Balaban J connectivity index is 1.84. The molecule has 31 heavy (non-hydrogen) atoms. The number of nitriles is 1. The van der Waals surface area contributed by atoms with Gasteiger partial charge in [0.15, 0.2) is 0 Å². The van der Waals surface area contributed by atoms with Crippen LogP contribution in [0.2, 0.25) is 0 Å². The highest BCUT2D eigenvalue weighted by atomic mass is 32.2. The van der Waals surface area contributed by atoms with Crippen LogP contribution in [0.25, 0.3) is 6.08 Å². The van der Waals surface area contributed by atoms with Crippen LogP contribution in [0.15, 0.2) is 59.0 Å². The molecule has 1 aliphatic heterocycles. The number of hydrogen-bond acceptors (Lipinski definition) is 6. The molecule has 10 heteroatoms.